The van der Waals surface area contributed by atoms with Crippen LogP contribution in [0.3, 0.4) is 0 Å². The molecule has 6 heteroatoms. The zero-order valence-corrected chi connectivity index (χ0v) is 11.6. The molecular weight excluding hydrogens is 270 g/mol. The SMILES string of the molecule is CCN(CC)C(=O)COc1ccc(Cl)cc1C(=O)O. The quantitative estimate of drug-likeness (QED) is 0.871. The van der Waals surface area contributed by atoms with E-state index in [1.165, 1.54) is 18.2 Å². The van der Waals surface area contributed by atoms with Gasteiger partial charge in [-0.15, -0.1) is 0 Å². The van der Waals surface area contributed by atoms with E-state index in [-0.39, 0.29) is 23.8 Å². The molecule has 1 N–H and O–H groups in total. The number of carboxylic acid groups (broad SMARTS) is 1. The van der Waals surface area contributed by atoms with Gasteiger partial charge in [-0.05, 0) is 32.0 Å². The summed E-state index contributed by atoms with van der Waals surface area (Å²) in [5.74, 6) is -1.19. The van der Waals surface area contributed by atoms with Crippen LogP contribution in [-0.2, 0) is 4.79 Å². The fraction of sp³-hybridized carbons (Fsp3) is 0.385. The van der Waals surface area contributed by atoms with Crippen LogP contribution in [0.2, 0.25) is 5.02 Å². The Hall–Kier alpha value is -1.75. The summed E-state index contributed by atoms with van der Waals surface area (Å²) in [7, 11) is 0. The number of carboxylic acids is 1. The van der Waals surface area contributed by atoms with Crippen molar-refractivity contribution in [2.45, 2.75) is 13.8 Å². The standard InChI is InChI=1S/C13H16ClNO4/c1-3-15(4-2)12(16)8-19-11-6-5-9(14)7-10(11)13(17)18/h5-7H,3-4,8H2,1-2H3,(H,17,18). The molecule has 0 saturated heterocycles. The Morgan fingerprint density at radius 1 is 1.32 bits per heavy atom. The van der Waals surface area contributed by atoms with Crippen LogP contribution in [0, 0.1) is 0 Å². The molecule has 1 rings (SSSR count). The van der Waals surface area contributed by atoms with E-state index < -0.39 is 5.97 Å². The Bertz CT molecular complexity index is 472. The molecule has 0 heterocycles. The van der Waals surface area contributed by atoms with Gasteiger partial charge in [0.25, 0.3) is 5.91 Å². The molecule has 0 aliphatic heterocycles. The molecule has 1 aromatic carbocycles. The van der Waals surface area contributed by atoms with Crippen molar-refractivity contribution in [3.63, 3.8) is 0 Å². The number of ether oxygens (including phenoxy) is 1. The van der Waals surface area contributed by atoms with Crippen molar-refractivity contribution in [1.29, 1.82) is 0 Å². The summed E-state index contributed by atoms with van der Waals surface area (Å²) in [5, 5.41) is 9.33. The van der Waals surface area contributed by atoms with E-state index in [1.807, 2.05) is 13.8 Å². The molecule has 0 aromatic heterocycles. The topological polar surface area (TPSA) is 66.8 Å². The zero-order chi connectivity index (χ0) is 14.4. The fourth-order valence-electron chi connectivity index (χ4n) is 1.60. The zero-order valence-electron chi connectivity index (χ0n) is 10.9. The van der Waals surface area contributed by atoms with E-state index in [1.54, 1.807) is 4.90 Å². The second kappa shape index (κ2) is 6.99. The first-order chi connectivity index (χ1) is 8.99. The fourth-order valence-corrected chi connectivity index (χ4v) is 1.77. The van der Waals surface area contributed by atoms with Gasteiger partial charge in [0.1, 0.15) is 11.3 Å². The lowest BCUT2D eigenvalue weighted by Gasteiger charge is -2.19. The van der Waals surface area contributed by atoms with Crippen molar-refractivity contribution in [3.05, 3.63) is 28.8 Å². The van der Waals surface area contributed by atoms with Gasteiger partial charge in [-0.1, -0.05) is 11.6 Å². The first kappa shape index (κ1) is 15.3. The number of halogens is 1. The third kappa shape index (κ3) is 4.13. The highest BCUT2D eigenvalue weighted by atomic mass is 35.5. The molecule has 0 unspecified atom stereocenters. The van der Waals surface area contributed by atoms with Gasteiger partial charge in [0.2, 0.25) is 0 Å². The van der Waals surface area contributed by atoms with Crippen molar-refractivity contribution in [2.24, 2.45) is 0 Å². The Labute approximate surface area is 116 Å². The first-order valence-corrected chi connectivity index (χ1v) is 6.30. The molecule has 0 atom stereocenters. The highest BCUT2D eigenvalue weighted by molar-refractivity contribution is 6.31. The highest BCUT2D eigenvalue weighted by Gasteiger charge is 2.15. The second-order valence-corrected chi connectivity index (χ2v) is 4.24. The molecule has 1 amide bonds. The Balaban J connectivity index is 2.78. The minimum atomic E-state index is -1.15. The molecular formula is C13H16ClNO4. The van der Waals surface area contributed by atoms with Crippen LogP contribution in [0.1, 0.15) is 24.2 Å². The van der Waals surface area contributed by atoms with Gasteiger partial charge in [-0.2, -0.15) is 0 Å². The number of hydrogen-bond donors (Lipinski definition) is 1. The van der Waals surface area contributed by atoms with Crippen LogP contribution in [0.25, 0.3) is 0 Å². The van der Waals surface area contributed by atoms with Crippen molar-refractivity contribution in [1.82, 2.24) is 4.90 Å². The van der Waals surface area contributed by atoms with E-state index in [0.29, 0.717) is 18.1 Å². The maximum Gasteiger partial charge on any atom is 0.339 e. The molecule has 19 heavy (non-hydrogen) atoms. The van der Waals surface area contributed by atoms with Crippen LogP contribution in [0.5, 0.6) is 5.75 Å². The number of likely N-dealkylation sites (N-methyl/N-ethyl adjacent to an activating group) is 1. The van der Waals surface area contributed by atoms with Gasteiger partial charge in [0.05, 0.1) is 0 Å². The van der Waals surface area contributed by atoms with Crippen molar-refractivity contribution in [2.75, 3.05) is 19.7 Å². The minimum Gasteiger partial charge on any atom is -0.483 e. The van der Waals surface area contributed by atoms with Gasteiger partial charge in [0, 0.05) is 18.1 Å². The lowest BCUT2D eigenvalue weighted by atomic mass is 10.2. The van der Waals surface area contributed by atoms with E-state index in [0.717, 1.165) is 0 Å². The summed E-state index contributed by atoms with van der Waals surface area (Å²) in [6.45, 7) is 4.72. The van der Waals surface area contributed by atoms with Gasteiger partial charge in [0.15, 0.2) is 6.61 Å². The highest BCUT2D eigenvalue weighted by Crippen LogP contribution is 2.22. The smallest absolute Gasteiger partial charge is 0.339 e. The number of nitrogens with zero attached hydrogens (tertiary/aromatic N) is 1. The van der Waals surface area contributed by atoms with Gasteiger partial charge in [-0.3, -0.25) is 4.79 Å². The summed E-state index contributed by atoms with van der Waals surface area (Å²) in [6, 6.07) is 4.26. The van der Waals surface area contributed by atoms with Crippen LogP contribution < -0.4 is 4.74 Å². The van der Waals surface area contributed by atoms with Gasteiger partial charge >= 0.3 is 5.97 Å². The predicted molar refractivity (Wildman–Crippen MR) is 71.8 cm³/mol. The maximum absolute atomic E-state index is 11.8. The number of benzene rings is 1. The molecule has 0 bridgehead atoms. The number of aromatic carboxylic acids is 1. The average molecular weight is 286 g/mol. The Morgan fingerprint density at radius 3 is 2.47 bits per heavy atom. The lowest BCUT2D eigenvalue weighted by molar-refractivity contribution is -0.132. The summed E-state index contributed by atoms with van der Waals surface area (Å²) >= 11 is 5.72. The van der Waals surface area contributed by atoms with E-state index in [2.05, 4.69) is 0 Å². The molecule has 0 spiro atoms. The van der Waals surface area contributed by atoms with Crippen molar-refractivity contribution < 1.29 is 19.4 Å². The van der Waals surface area contributed by atoms with Crippen LogP contribution in [0.15, 0.2) is 18.2 Å². The second-order valence-electron chi connectivity index (χ2n) is 3.80. The Morgan fingerprint density at radius 2 is 1.95 bits per heavy atom. The summed E-state index contributed by atoms with van der Waals surface area (Å²) in [5.41, 5.74) is -0.0557. The van der Waals surface area contributed by atoms with Gasteiger partial charge in [-0.25, -0.2) is 4.79 Å². The predicted octanol–water partition coefficient (Wildman–Crippen LogP) is 2.29. The number of carbonyl (C=O) groups excluding carboxylic acids is 1. The average Bonchev–Trinajstić information content (AvgIpc) is 2.38. The van der Waals surface area contributed by atoms with Crippen LogP contribution in [0.4, 0.5) is 0 Å². The summed E-state index contributed by atoms with van der Waals surface area (Å²) < 4.78 is 5.27. The molecule has 0 saturated carbocycles. The van der Waals surface area contributed by atoms with Crippen molar-refractivity contribution >= 4 is 23.5 Å². The summed E-state index contributed by atoms with van der Waals surface area (Å²) in [4.78, 5) is 24.4. The third-order valence-electron chi connectivity index (χ3n) is 2.64. The summed E-state index contributed by atoms with van der Waals surface area (Å²) in [6.07, 6.45) is 0. The lowest BCUT2D eigenvalue weighted by Crippen LogP contribution is -2.34. The van der Waals surface area contributed by atoms with E-state index in [9.17, 15) is 9.59 Å². The van der Waals surface area contributed by atoms with Crippen LogP contribution in [-0.4, -0.2) is 41.6 Å². The Kier molecular flexibility index (Phi) is 5.63. The van der Waals surface area contributed by atoms with Crippen LogP contribution >= 0.6 is 11.6 Å². The van der Waals surface area contributed by atoms with E-state index in [4.69, 9.17) is 21.4 Å². The molecule has 5 nitrogen and oxygen atoms in total. The molecule has 0 aliphatic rings. The van der Waals surface area contributed by atoms with Gasteiger partial charge < -0.3 is 14.7 Å². The molecule has 0 aliphatic carbocycles. The minimum absolute atomic E-state index is 0.0557. The number of carbonyl (C=O) groups is 2. The molecule has 0 fully saturated rings. The number of hydrogen-bond acceptors (Lipinski definition) is 3. The maximum atomic E-state index is 11.8. The molecule has 104 valence electrons. The van der Waals surface area contributed by atoms with E-state index >= 15 is 0 Å². The number of rotatable bonds is 6. The van der Waals surface area contributed by atoms with Crippen molar-refractivity contribution in [3.8, 4) is 5.75 Å². The molecule has 0 radical (unpaired) electrons. The third-order valence-corrected chi connectivity index (χ3v) is 2.87. The monoisotopic (exact) mass is 285 g/mol. The molecule has 1 aromatic rings. The normalized spacial score (nSPS) is 10.1. The number of amides is 1. The first-order valence-electron chi connectivity index (χ1n) is 5.93. The largest absolute Gasteiger partial charge is 0.483 e.